The molecule has 2 aromatic rings. The lowest BCUT2D eigenvalue weighted by molar-refractivity contribution is -0.131. The van der Waals surface area contributed by atoms with Crippen LogP contribution in [0.3, 0.4) is 0 Å². The number of carbonyl (C=O) groups excluding carboxylic acids is 1. The molecule has 1 heterocycles. The van der Waals surface area contributed by atoms with Crippen molar-refractivity contribution in [3.8, 4) is 0 Å². The van der Waals surface area contributed by atoms with Crippen molar-refractivity contribution in [1.29, 1.82) is 0 Å². The Labute approximate surface area is 126 Å². The van der Waals surface area contributed by atoms with Crippen LogP contribution >= 0.6 is 0 Å². The maximum atomic E-state index is 12.3. The van der Waals surface area contributed by atoms with E-state index in [-0.39, 0.29) is 5.91 Å². The Morgan fingerprint density at radius 3 is 2.62 bits per heavy atom. The SMILES string of the molecule is CCNCc1cccc2c1ccn2CC(=O)N(CC)CC. The topological polar surface area (TPSA) is 37.3 Å². The molecule has 4 nitrogen and oxygen atoms in total. The first-order chi connectivity index (χ1) is 10.2. The van der Waals surface area contributed by atoms with Crippen LogP contribution in [-0.2, 0) is 17.9 Å². The lowest BCUT2D eigenvalue weighted by Crippen LogP contribution is -2.33. The van der Waals surface area contributed by atoms with Gasteiger partial charge in [0.1, 0.15) is 6.54 Å². The number of hydrogen-bond acceptors (Lipinski definition) is 2. The summed E-state index contributed by atoms with van der Waals surface area (Å²) >= 11 is 0. The minimum atomic E-state index is 0.176. The molecule has 0 aliphatic carbocycles. The van der Waals surface area contributed by atoms with Crippen LogP contribution in [0.25, 0.3) is 10.9 Å². The molecule has 0 fully saturated rings. The number of likely N-dealkylation sites (N-methyl/N-ethyl adjacent to an activating group) is 1. The van der Waals surface area contributed by atoms with Crippen molar-refractivity contribution in [1.82, 2.24) is 14.8 Å². The Kier molecular flexibility index (Phi) is 5.39. The smallest absolute Gasteiger partial charge is 0.242 e. The molecule has 0 saturated carbocycles. The van der Waals surface area contributed by atoms with E-state index in [9.17, 15) is 4.79 Å². The normalized spacial score (nSPS) is 11.0. The molecular formula is C17H25N3O. The van der Waals surface area contributed by atoms with Crippen molar-refractivity contribution in [2.24, 2.45) is 0 Å². The van der Waals surface area contributed by atoms with Gasteiger partial charge < -0.3 is 14.8 Å². The van der Waals surface area contributed by atoms with E-state index in [4.69, 9.17) is 0 Å². The molecule has 0 radical (unpaired) electrons. The fourth-order valence-electron chi connectivity index (χ4n) is 2.66. The maximum Gasteiger partial charge on any atom is 0.242 e. The van der Waals surface area contributed by atoms with Gasteiger partial charge in [-0.1, -0.05) is 19.1 Å². The molecule has 0 aliphatic rings. The average molecular weight is 287 g/mol. The van der Waals surface area contributed by atoms with Crippen molar-refractivity contribution in [3.63, 3.8) is 0 Å². The number of carbonyl (C=O) groups is 1. The van der Waals surface area contributed by atoms with Crippen LogP contribution in [0.15, 0.2) is 30.5 Å². The standard InChI is InChI=1S/C17H25N3O/c1-4-18-12-14-8-7-9-16-15(14)10-11-20(16)13-17(21)19(5-2)6-3/h7-11,18H,4-6,12-13H2,1-3H3. The Balaban J connectivity index is 2.24. The van der Waals surface area contributed by atoms with E-state index in [2.05, 4.69) is 36.5 Å². The van der Waals surface area contributed by atoms with E-state index in [1.807, 2.05) is 29.5 Å². The predicted molar refractivity (Wildman–Crippen MR) is 87.2 cm³/mol. The zero-order chi connectivity index (χ0) is 15.2. The number of hydrogen-bond donors (Lipinski definition) is 1. The monoisotopic (exact) mass is 287 g/mol. The predicted octanol–water partition coefficient (Wildman–Crippen LogP) is 2.62. The number of fused-ring (bicyclic) bond motifs is 1. The van der Waals surface area contributed by atoms with Crippen LogP contribution in [0.4, 0.5) is 0 Å². The molecule has 0 bridgehead atoms. The lowest BCUT2D eigenvalue weighted by atomic mass is 10.1. The molecule has 1 aromatic heterocycles. The highest BCUT2D eigenvalue weighted by Crippen LogP contribution is 2.20. The van der Waals surface area contributed by atoms with Gasteiger partial charge in [0.05, 0.1) is 0 Å². The van der Waals surface area contributed by atoms with Gasteiger partial charge in [-0.2, -0.15) is 0 Å². The molecule has 0 atom stereocenters. The van der Waals surface area contributed by atoms with Gasteiger partial charge in [-0.25, -0.2) is 0 Å². The van der Waals surface area contributed by atoms with E-state index in [1.54, 1.807) is 0 Å². The zero-order valence-corrected chi connectivity index (χ0v) is 13.2. The van der Waals surface area contributed by atoms with Crippen LogP contribution in [0.1, 0.15) is 26.3 Å². The second kappa shape index (κ2) is 7.27. The summed E-state index contributed by atoms with van der Waals surface area (Å²) in [5, 5.41) is 4.59. The van der Waals surface area contributed by atoms with Gasteiger partial charge in [-0.3, -0.25) is 4.79 Å². The highest BCUT2D eigenvalue weighted by atomic mass is 16.2. The quantitative estimate of drug-likeness (QED) is 0.850. The van der Waals surface area contributed by atoms with Gasteiger partial charge in [-0.15, -0.1) is 0 Å². The Hall–Kier alpha value is -1.81. The van der Waals surface area contributed by atoms with Crippen LogP contribution in [0.2, 0.25) is 0 Å². The first kappa shape index (κ1) is 15.6. The molecule has 1 aromatic carbocycles. The molecule has 0 aliphatic heterocycles. The van der Waals surface area contributed by atoms with Crippen LogP contribution in [-0.4, -0.2) is 35.0 Å². The van der Waals surface area contributed by atoms with Gasteiger partial charge in [0, 0.05) is 36.7 Å². The summed E-state index contributed by atoms with van der Waals surface area (Å²) in [7, 11) is 0. The third-order valence-corrected chi connectivity index (χ3v) is 3.89. The Bertz CT molecular complexity index is 599. The minimum absolute atomic E-state index is 0.176. The fraction of sp³-hybridized carbons (Fsp3) is 0.471. The van der Waals surface area contributed by atoms with Crippen LogP contribution in [0.5, 0.6) is 0 Å². The number of benzene rings is 1. The molecule has 4 heteroatoms. The van der Waals surface area contributed by atoms with Crippen molar-refractivity contribution in [2.75, 3.05) is 19.6 Å². The summed E-state index contributed by atoms with van der Waals surface area (Å²) in [6.45, 7) is 9.90. The largest absolute Gasteiger partial charge is 0.342 e. The van der Waals surface area contributed by atoms with E-state index >= 15 is 0 Å². The number of nitrogens with one attached hydrogen (secondary N) is 1. The van der Waals surface area contributed by atoms with Gasteiger partial charge in [-0.05, 0) is 38.1 Å². The average Bonchev–Trinajstić information content (AvgIpc) is 2.90. The number of rotatable bonds is 7. The molecule has 114 valence electrons. The highest BCUT2D eigenvalue weighted by Gasteiger charge is 2.12. The van der Waals surface area contributed by atoms with Crippen molar-refractivity contribution >= 4 is 16.8 Å². The lowest BCUT2D eigenvalue weighted by Gasteiger charge is -2.19. The van der Waals surface area contributed by atoms with Crippen LogP contribution < -0.4 is 5.32 Å². The van der Waals surface area contributed by atoms with Crippen molar-refractivity contribution in [2.45, 2.75) is 33.9 Å². The summed E-state index contributed by atoms with van der Waals surface area (Å²) in [4.78, 5) is 14.1. The third-order valence-electron chi connectivity index (χ3n) is 3.89. The van der Waals surface area contributed by atoms with E-state index in [0.29, 0.717) is 6.54 Å². The second-order valence-electron chi connectivity index (χ2n) is 5.14. The van der Waals surface area contributed by atoms with Gasteiger partial charge >= 0.3 is 0 Å². The van der Waals surface area contributed by atoms with E-state index in [0.717, 1.165) is 31.7 Å². The van der Waals surface area contributed by atoms with E-state index in [1.165, 1.54) is 10.9 Å². The first-order valence-corrected chi connectivity index (χ1v) is 7.76. The summed E-state index contributed by atoms with van der Waals surface area (Å²) in [5.41, 5.74) is 2.41. The number of aromatic nitrogens is 1. The molecular weight excluding hydrogens is 262 g/mol. The van der Waals surface area contributed by atoms with Gasteiger partial charge in [0.2, 0.25) is 5.91 Å². The number of amides is 1. The summed E-state index contributed by atoms with van der Waals surface area (Å²) in [6, 6.07) is 8.40. The molecule has 0 unspecified atom stereocenters. The molecule has 1 amide bonds. The molecule has 0 saturated heterocycles. The Morgan fingerprint density at radius 1 is 1.19 bits per heavy atom. The first-order valence-electron chi connectivity index (χ1n) is 7.76. The molecule has 21 heavy (non-hydrogen) atoms. The third kappa shape index (κ3) is 3.45. The summed E-state index contributed by atoms with van der Waals surface area (Å²) < 4.78 is 2.05. The molecule has 2 rings (SSSR count). The van der Waals surface area contributed by atoms with Gasteiger partial charge in [0.15, 0.2) is 0 Å². The number of nitrogens with zero attached hydrogens (tertiary/aromatic N) is 2. The van der Waals surface area contributed by atoms with Gasteiger partial charge in [0.25, 0.3) is 0 Å². The minimum Gasteiger partial charge on any atom is -0.342 e. The van der Waals surface area contributed by atoms with E-state index < -0.39 is 0 Å². The molecule has 1 N–H and O–H groups in total. The zero-order valence-electron chi connectivity index (χ0n) is 13.2. The fourth-order valence-corrected chi connectivity index (χ4v) is 2.66. The molecule has 0 spiro atoms. The highest BCUT2D eigenvalue weighted by molar-refractivity contribution is 5.85. The Morgan fingerprint density at radius 2 is 1.95 bits per heavy atom. The second-order valence-corrected chi connectivity index (χ2v) is 5.14. The van der Waals surface area contributed by atoms with Crippen molar-refractivity contribution < 1.29 is 4.79 Å². The van der Waals surface area contributed by atoms with Crippen LogP contribution in [0, 0.1) is 0 Å². The van der Waals surface area contributed by atoms with Crippen molar-refractivity contribution in [3.05, 3.63) is 36.0 Å². The maximum absolute atomic E-state index is 12.3. The summed E-state index contributed by atoms with van der Waals surface area (Å²) in [6.07, 6.45) is 2.02. The summed E-state index contributed by atoms with van der Waals surface area (Å²) in [5.74, 6) is 0.176.